The molecule has 0 radical (unpaired) electrons. The molecule has 1 amide bonds. The number of hydrogen-bond donors (Lipinski definition) is 1. The van der Waals surface area contributed by atoms with Gasteiger partial charge in [0.15, 0.2) is 0 Å². The Balaban J connectivity index is 1.63. The molecule has 0 bridgehead atoms. The van der Waals surface area contributed by atoms with Crippen molar-refractivity contribution < 1.29 is 4.79 Å². The molecule has 1 N–H and O–H groups in total. The van der Waals surface area contributed by atoms with E-state index in [4.69, 9.17) is 0 Å². The van der Waals surface area contributed by atoms with Crippen LogP contribution in [-0.4, -0.2) is 20.4 Å². The number of rotatable bonds is 4. The van der Waals surface area contributed by atoms with E-state index in [1.807, 2.05) is 29.8 Å². The van der Waals surface area contributed by atoms with Crippen molar-refractivity contribution in [1.29, 1.82) is 0 Å². The molecular formula is C17H22N4O. The zero-order chi connectivity index (χ0) is 15.4. The van der Waals surface area contributed by atoms with E-state index < -0.39 is 0 Å². The Labute approximate surface area is 130 Å². The smallest absolute Gasteiger partial charge is 0.223 e. The van der Waals surface area contributed by atoms with Crippen molar-refractivity contribution in [3.63, 3.8) is 0 Å². The van der Waals surface area contributed by atoms with Gasteiger partial charge in [0.25, 0.3) is 0 Å². The number of hydrogen-bond acceptors (Lipinski definition) is 3. The monoisotopic (exact) mass is 298 g/mol. The van der Waals surface area contributed by atoms with E-state index in [9.17, 15) is 4.79 Å². The fraction of sp³-hybridized carbons (Fsp3) is 0.471. The average Bonchev–Trinajstić information content (AvgIpc) is 3.00. The Morgan fingerprint density at radius 3 is 2.82 bits per heavy atom. The number of amides is 1. The molecule has 0 unspecified atom stereocenters. The highest BCUT2D eigenvalue weighted by Crippen LogP contribution is 2.23. The standard InChI is InChI=1S/C17H22N4O/c1-13-18-9-10-21(13)16-11-14(7-8-19-16)12-20-17(22)15-5-3-2-4-6-15/h7-11,15H,2-6,12H2,1H3,(H,20,22). The summed E-state index contributed by atoms with van der Waals surface area (Å²) < 4.78 is 1.94. The summed E-state index contributed by atoms with van der Waals surface area (Å²) >= 11 is 0. The van der Waals surface area contributed by atoms with Crippen molar-refractivity contribution in [3.8, 4) is 5.82 Å². The summed E-state index contributed by atoms with van der Waals surface area (Å²) in [5.74, 6) is 2.12. The Kier molecular flexibility index (Phi) is 4.51. The maximum absolute atomic E-state index is 12.2. The van der Waals surface area contributed by atoms with Crippen molar-refractivity contribution in [2.75, 3.05) is 0 Å². The first-order valence-electron chi connectivity index (χ1n) is 7.97. The van der Waals surface area contributed by atoms with Crippen molar-refractivity contribution >= 4 is 5.91 Å². The lowest BCUT2D eigenvalue weighted by atomic mass is 9.88. The van der Waals surface area contributed by atoms with Gasteiger partial charge >= 0.3 is 0 Å². The van der Waals surface area contributed by atoms with Crippen LogP contribution < -0.4 is 5.32 Å². The van der Waals surface area contributed by atoms with Crippen LogP contribution in [0.2, 0.25) is 0 Å². The maximum atomic E-state index is 12.2. The SMILES string of the molecule is Cc1nccn1-c1cc(CNC(=O)C2CCCCC2)ccn1. The van der Waals surface area contributed by atoms with Gasteiger partial charge < -0.3 is 5.32 Å². The Morgan fingerprint density at radius 1 is 1.27 bits per heavy atom. The van der Waals surface area contributed by atoms with Gasteiger partial charge in [-0.2, -0.15) is 0 Å². The minimum Gasteiger partial charge on any atom is -0.352 e. The van der Waals surface area contributed by atoms with Gasteiger partial charge in [-0.25, -0.2) is 9.97 Å². The van der Waals surface area contributed by atoms with E-state index in [2.05, 4.69) is 15.3 Å². The summed E-state index contributed by atoms with van der Waals surface area (Å²) in [6.07, 6.45) is 11.1. The third-order valence-electron chi connectivity index (χ3n) is 4.33. The van der Waals surface area contributed by atoms with Crippen LogP contribution in [0.5, 0.6) is 0 Å². The predicted octanol–water partition coefficient (Wildman–Crippen LogP) is 2.77. The second-order valence-electron chi connectivity index (χ2n) is 5.92. The number of aromatic nitrogens is 3. The molecule has 0 saturated heterocycles. The molecule has 5 heteroatoms. The van der Waals surface area contributed by atoms with Crippen molar-refractivity contribution in [3.05, 3.63) is 42.1 Å². The molecule has 5 nitrogen and oxygen atoms in total. The van der Waals surface area contributed by atoms with Gasteiger partial charge in [-0.05, 0) is 37.5 Å². The molecule has 0 spiro atoms. The lowest BCUT2D eigenvalue weighted by molar-refractivity contribution is -0.126. The molecule has 0 atom stereocenters. The van der Waals surface area contributed by atoms with Gasteiger partial charge in [-0.3, -0.25) is 9.36 Å². The van der Waals surface area contributed by atoms with Crippen LogP contribution in [0, 0.1) is 12.8 Å². The Hall–Kier alpha value is -2.17. The van der Waals surface area contributed by atoms with E-state index in [0.29, 0.717) is 6.54 Å². The summed E-state index contributed by atoms with van der Waals surface area (Å²) in [7, 11) is 0. The van der Waals surface area contributed by atoms with E-state index >= 15 is 0 Å². The van der Waals surface area contributed by atoms with Gasteiger partial charge in [0.2, 0.25) is 5.91 Å². The third kappa shape index (κ3) is 3.35. The van der Waals surface area contributed by atoms with Crippen molar-refractivity contribution in [1.82, 2.24) is 19.9 Å². The molecule has 0 aliphatic heterocycles. The first-order valence-corrected chi connectivity index (χ1v) is 7.97. The highest BCUT2D eigenvalue weighted by atomic mass is 16.1. The largest absolute Gasteiger partial charge is 0.352 e. The molecule has 22 heavy (non-hydrogen) atoms. The first kappa shape index (κ1) is 14.8. The molecule has 1 fully saturated rings. The molecule has 2 heterocycles. The minimum atomic E-state index is 0.192. The first-order chi connectivity index (χ1) is 10.7. The van der Waals surface area contributed by atoms with Crippen molar-refractivity contribution in [2.24, 2.45) is 5.92 Å². The fourth-order valence-electron chi connectivity index (χ4n) is 3.02. The molecule has 0 aromatic carbocycles. The van der Waals surface area contributed by atoms with E-state index in [1.165, 1.54) is 19.3 Å². The van der Waals surface area contributed by atoms with Gasteiger partial charge in [0, 0.05) is 31.1 Å². The Morgan fingerprint density at radius 2 is 2.09 bits per heavy atom. The zero-order valence-corrected chi connectivity index (χ0v) is 13.0. The molecule has 1 saturated carbocycles. The van der Waals surface area contributed by atoms with E-state index in [0.717, 1.165) is 30.0 Å². The topological polar surface area (TPSA) is 59.8 Å². The number of pyridine rings is 1. The van der Waals surface area contributed by atoms with E-state index in [1.54, 1.807) is 12.4 Å². The van der Waals surface area contributed by atoms with Gasteiger partial charge in [0.05, 0.1) is 0 Å². The van der Waals surface area contributed by atoms with Gasteiger partial charge in [-0.15, -0.1) is 0 Å². The maximum Gasteiger partial charge on any atom is 0.223 e. The summed E-state index contributed by atoms with van der Waals surface area (Å²) in [5.41, 5.74) is 1.06. The van der Waals surface area contributed by atoms with Crippen LogP contribution in [0.3, 0.4) is 0 Å². The van der Waals surface area contributed by atoms with Gasteiger partial charge in [-0.1, -0.05) is 19.3 Å². The fourth-order valence-corrected chi connectivity index (χ4v) is 3.02. The minimum absolute atomic E-state index is 0.192. The number of nitrogens with zero attached hydrogens (tertiary/aromatic N) is 3. The van der Waals surface area contributed by atoms with Crippen LogP contribution in [0.4, 0.5) is 0 Å². The molecule has 1 aliphatic rings. The second-order valence-corrected chi connectivity index (χ2v) is 5.92. The van der Waals surface area contributed by atoms with Crippen molar-refractivity contribution in [2.45, 2.75) is 45.6 Å². The molecule has 116 valence electrons. The molecular weight excluding hydrogens is 276 g/mol. The molecule has 2 aromatic heterocycles. The normalized spacial score (nSPS) is 15.7. The van der Waals surface area contributed by atoms with Crippen LogP contribution >= 0.6 is 0 Å². The lowest BCUT2D eigenvalue weighted by Gasteiger charge is -2.20. The van der Waals surface area contributed by atoms with Crippen LogP contribution in [-0.2, 0) is 11.3 Å². The summed E-state index contributed by atoms with van der Waals surface area (Å²) in [5, 5.41) is 3.06. The number of carbonyl (C=O) groups excluding carboxylic acids is 1. The summed E-state index contributed by atoms with van der Waals surface area (Å²) in [6.45, 7) is 2.50. The molecule has 2 aromatic rings. The van der Waals surface area contributed by atoms with Crippen LogP contribution in [0.15, 0.2) is 30.7 Å². The highest BCUT2D eigenvalue weighted by Gasteiger charge is 2.20. The zero-order valence-electron chi connectivity index (χ0n) is 13.0. The number of nitrogens with one attached hydrogen (secondary N) is 1. The number of aryl methyl sites for hydroxylation is 1. The number of carbonyl (C=O) groups is 1. The predicted molar refractivity (Wildman–Crippen MR) is 84.5 cm³/mol. The second kappa shape index (κ2) is 6.73. The molecule has 1 aliphatic carbocycles. The summed E-state index contributed by atoms with van der Waals surface area (Å²) in [4.78, 5) is 20.8. The number of imidazole rings is 1. The highest BCUT2D eigenvalue weighted by molar-refractivity contribution is 5.78. The molecule has 3 rings (SSSR count). The third-order valence-corrected chi connectivity index (χ3v) is 4.33. The quantitative estimate of drug-likeness (QED) is 0.944. The van der Waals surface area contributed by atoms with Gasteiger partial charge in [0.1, 0.15) is 11.6 Å². The lowest BCUT2D eigenvalue weighted by Crippen LogP contribution is -2.31. The Bertz CT molecular complexity index is 644. The average molecular weight is 298 g/mol. The summed E-state index contributed by atoms with van der Waals surface area (Å²) in [6, 6.07) is 3.94. The van der Waals surface area contributed by atoms with E-state index in [-0.39, 0.29) is 11.8 Å². The van der Waals surface area contributed by atoms with Crippen LogP contribution in [0.25, 0.3) is 5.82 Å². The van der Waals surface area contributed by atoms with Crippen LogP contribution in [0.1, 0.15) is 43.5 Å².